The normalized spacial score (nSPS) is 25.8. The van der Waals surface area contributed by atoms with Crippen LogP contribution in [0.3, 0.4) is 0 Å². The molecule has 0 heterocycles. The molecule has 2 N–H and O–H groups in total. The van der Waals surface area contributed by atoms with Crippen molar-refractivity contribution in [2.45, 2.75) is 39.7 Å². The minimum Gasteiger partial charge on any atom is -0.327 e. The summed E-state index contributed by atoms with van der Waals surface area (Å²) >= 11 is 0. The Kier molecular flexibility index (Phi) is 4.55. The summed E-state index contributed by atoms with van der Waals surface area (Å²) in [6.07, 6.45) is 6.80. The molecule has 1 aliphatic rings. The van der Waals surface area contributed by atoms with E-state index in [0.717, 1.165) is 0 Å². The second-order valence-corrected chi connectivity index (χ2v) is 5.20. The first-order valence-corrected chi connectivity index (χ1v) is 6.21. The van der Waals surface area contributed by atoms with Gasteiger partial charge in [-0.1, -0.05) is 36.8 Å². The number of hydrogen-bond acceptors (Lipinski definition) is 1. The monoisotopic (exact) mass is 219 g/mol. The van der Waals surface area contributed by atoms with E-state index in [2.05, 4.69) is 46.1 Å². The van der Waals surface area contributed by atoms with Crippen LogP contribution in [0.4, 0.5) is 0 Å². The third kappa shape index (κ3) is 2.85. The fourth-order valence-corrected chi connectivity index (χ4v) is 2.45. The second-order valence-electron chi connectivity index (χ2n) is 5.20. The molecular formula is C15H25N. The lowest BCUT2D eigenvalue weighted by atomic mass is 9.83. The summed E-state index contributed by atoms with van der Waals surface area (Å²) < 4.78 is 0. The zero-order valence-corrected chi connectivity index (χ0v) is 10.9. The standard InChI is InChI=1S/C15H25N/c1-6-15(11(4)10(2)3)14-8-7-13(9-14)12(5)16/h6,9,11-13,15H,1-2,7-8,16H2,3-5H3. The maximum Gasteiger partial charge on any atom is 0.00736 e. The summed E-state index contributed by atoms with van der Waals surface area (Å²) in [6.45, 7) is 14.4. The molecule has 1 rings (SSSR count). The van der Waals surface area contributed by atoms with Crippen molar-refractivity contribution in [2.75, 3.05) is 0 Å². The van der Waals surface area contributed by atoms with Crippen molar-refractivity contribution >= 4 is 0 Å². The number of rotatable bonds is 5. The van der Waals surface area contributed by atoms with Crippen LogP contribution in [0, 0.1) is 17.8 Å². The summed E-state index contributed by atoms with van der Waals surface area (Å²) in [5.74, 6) is 1.48. The summed E-state index contributed by atoms with van der Waals surface area (Å²) in [6, 6.07) is 0.267. The van der Waals surface area contributed by atoms with E-state index in [0.29, 0.717) is 17.8 Å². The molecule has 1 nitrogen and oxygen atoms in total. The average Bonchev–Trinajstić information content (AvgIpc) is 2.68. The predicted molar refractivity (Wildman–Crippen MR) is 72.1 cm³/mol. The van der Waals surface area contributed by atoms with Crippen LogP contribution < -0.4 is 5.73 Å². The summed E-state index contributed by atoms with van der Waals surface area (Å²) in [7, 11) is 0. The Morgan fingerprint density at radius 2 is 2.19 bits per heavy atom. The molecule has 1 aliphatic carbocycles. The van der Waals surface area contributed by atoms with E-state index in [1.165, 1.54) is 24.0 Å². The van der Waals surface area contributed by atoms with Crippen molar-refractivity contribution in [2.24, 2.45) is 23.5 Å². The highest BCUT2D eigenvalue weighted by Crippen LogP contribution is 2.36. The molecule has 0 aromatic rings. The number of allylic oxidation sites excluding steroid dienone is 3. The summed E-state index contributed by atoms with van der Waals surface area (Å²) in [4.78, 5) is 0. The molecular weight excluding hydrogens is 194 g/mol. The Hall–Kier alpha value is -0.820. The summed E-state index contributed by atoms with van der Waals surface area (Å²) in [5.41, 5.74) is 8.69. The minimum atomic E-state index is 0.267. The SMILES string of the molecule is C=CC(C1=CC(C(C)N)CC1)C(C)C(=C)C. The van der Waals surface area contributed by atoms with Gasteiger partial charge in [0.1, 0.15) is 0 Å². The smallest absolute Gasteiger partial charge is 0.00736 e. The number of hydrogen-bond donors (Lipinski definition) is 1. The van der Waals surface area contributed by atoms with Crippen LogP contribution in [0.5, 0.6) is 0 Å². The van der Waals surface area contributed by atoms with Gasteiger partial charge in [-0.15, -0.1) is 6.58 Å². The largest absolute Gasteiger partial charge is 0.327 e. The first-order chi connectivity index (χ1) is 7.47. The first kappa shape index (κ1) is 13.2. The quantitative estimate of drug-likeness (QED) is 0.701. The third-order valence-electron chi connectivity index (χ3n) is 3.87. The molecule has 16 heavy (non-hydrogen) atoms. The van der Waals surface area contributed by atoms with Crippen LogP contribution in [-0.2, 0) is 0 Å². The molecule has 0 aromatic heterocycles. The van der Waals surface area contributed by atoms with Gasteiger partial charge >= 0.3 is 0 Å². The van der Waals surface area contributed by atoms with Gasteiger partial charge < -0.3 is 5.73 Å². The molecule has 0 radical (unpaired) electrons. The van der Waals surface area contributed by atoms with Gasteiger partial charge in [-0.25, -0.2) is 0 Å². The molecule has 0 amide bonds. The Morgan fingerprint density at radius 1 is 1.56 bits per heavy atom. The van der Waals surface area contributed by atoms with E-state index in [4.69, 9.17) is 5.73 Å². The lowest BCUT2D eigenvalue weighted by Gasteiger charge is -2.22. The molecule has 4 unspecified atom stereocenters. The highest BCUT2D eigenvalue weighted by molar-refractivity contribution is 5.23. The van der Waals surface area contributed by atoms with Gasteiger partial charge in [0.05, 0.1) is 0 Å². The van der Waals surface area contributed by atoms with Crippen LogP contribution in [0.1, 0.15) is 33.6 Å². The van der Waals surface area contributed by atoms with E-state index in [-0.39, 0.29) is 6.04 Å². The minimum absolute atomic E-state index is 0.267. The molecule has 0 saturated heterocycles. The van der Waals surface area contributed by atoms with Gasteiger partial charge in [0, 0.05) is 12.0 Å². The Morgan fingerprint density at radius 3 is 2.56 bits per heavy atom. The average molecular weight is 219 g/mol. The van der Waals surface area contributed by atoms with Gasteiger partial charge in [0.25, 0.3) is 0 Å². The van der Waals surface area contributed by atoms with Crippen molar-refractivity contribution in [3.05, 3.63) is 36.5 Å². The topological polar surface area (TPSA) is 26.0 Å². The Balaban J connectivity index is 2.79. The van der Waals surface area contributed by atoms with Crippen molar-refractivity contribution in [3.63, 3.8) is 0 Å². The fraction of sp³-hybridized carbons (Fsp3) is 0.600. The maximum absolute atomic E-state index is 5.95. The maximum atomic E-state index is 5.95. The van der Waals surface area contributed by atoms with Crippen LogP contribution in [0.15, 0.2) is 36.5 Å². The van der Waals surface area contributed by atoms with E-state index in [9.17, 15) is 0 Å². The Labute approximate surface area is 100 Å². The first-order valence-electron chi connectivity index (χ1n) is 6.21. The highest BCUT2D eigenvalue weighted by atomic mass is 14.6. The van der Waals surface area contributed by atoms with Gasteiger partial charge in [0.15, 0.2) is 0 Å². The highest BCUT2D eigenvalue weighted by Gasteiger charge is 2.26. The van der Waals surface area contributed by atoms with E-state index in [1.807, 2.05) is 0 Å². The molecule has 0 bridgehead atoms. The van der Waals surface area contributed by atoms with Crippen LogP contribution in [0.2, 0.25) is 0 Å². The molecule has 0 aliphatic heterocycles. The van der Waals surface area contributed by atoms with E-state index >= 15 is 0 Å². The molecule has 0 spiro atoms. The van der Waals surface area contributed by atoms with Crippen LogP contribution in [-0.4, -0.2) is 6.04 Å². The molecule has 0 fully saturated rings. The molecule has 1 heteroatoms. The third-order valence-corrected chi connectivity index (χ3v) is 3.87. The van der Waals surface area contributed by atoms with Gasteiger partial charge in [-0.05, 0) is 38.5 Å². The van der Waals surface area contributed by atoms with E-state index in [1.54, 1.807) is 0 Å². The zero-order valence-electron chi connectivity index (χ0n) is 10.9. The van der Waals surface area contributed by atoms with Crippen molar-refractivity contribution < 1.29 is 0 Å². The van der Waals surface area contributed by atoms with Gasteiger partial charge in [0.2, 0.25) is 0 Å². The van der Waals surface area contributed by atoms with Crippen LogP contribution >= 0.6 is 0 Å². The fourth-order valence-electron chi connectivity index (χ4n) is 2.45. The lowest BCUT2D eigenvalue weighted by Crippen LogP contribution is -2.23. The van der Waals surface area contributed by atoms with Crippen molar-refractivity contribution in [1.29, 1.82) is 0 Å². The van der Waals surface area contributed by atoms with Crippen molar-refractivity contribution in [1.82, 2.24) is 0 Å². The molecule has 90 valence electrons. The second kappa shape index (κ2) is 5.49. The van der Waals surface area contributed by atoms with Gasteiger partial charge in [-0.3, -0.25) is 0 Å². The zero-order chi connectivity index (χ0) is 12.3. The van der Waals surface area contributed by atoms with E-state index < -0.39 is 0 Å². The molecule has 0 aromatic carbocycles. The predicted octanol–water partition coefficient (Wildman–Crippen LogP) is 3.68. The Bertz CT molecular complexity index is 299. The van der Waals surface area contributed by atoms with Crippen LogP contribution in [0.25, 0.3) is 0 Å². The molecule has 0 saturated carbocycles. The van der Waals surface area contributed by atoms with Gasteiger partial charge in [-0.2, -0.15) is 0 Å². The molecule has 4 atom stereocenters. The lowest BCUT2D eigenvalue weighted by molar-refractivity contribution is 0.517. The summed E-state index contributed by atoms with van der Waals surface area (Å²) in [5, 5.41) is 0. The number of nitrogens with two attached hydrogens (primary N) is 1. The van der Waals surface area contributed by atoms with Crippen molar-refractivity contribution in [3.8, 4) is 0 Å².